The minimum atomic E-state index is -4.44. The summed E-state index contributed by atoms with van der Waals surface area (Å²) in [7, 11) is -4.44. The number of phosphoric ester groups is 1. The number of allylic oxidation sites excluding steroid dienone is 18. The molecule has 0 aliphatic heterocycles. The smallest absolute Gasteiger partial charge is 0.463 e. The fourth-order valence-electron chi connectivity index (χ4n) is 5.40. The van der Waals surface area contributed by atoms with E-state index in [0.717, 1.165) is 103 Å². The van der Waals surface area contributed by atoms with Gasteiger partial charge in [-0.2, -0.15) is 0 Å². The van der Waals surface area contributed by atoms with Crippen LogP contribution in [0.1, 0.15) is 155 Å². The third-order valence-corrected chi connectivity index (χ3v) is 9.68. The van der Waals surface area contributed by atoms with Crippen LogP contribution in [0, 0.1) is 0 Å². The van der Waals surface area contributed by atoms with Crippen LogP contribution in [0.3, 0.4) is 0 Å². The maximum absolute atomic E-state index is 12.1. The molecule has 0 aromatic heterocycles. The molecular formula is C49H80NO8P. The summed E-state index contributed by atoms with van der Waals surface area (Å²) < 4.78 is 26.8. The monoisotopic (exact) mass is 842 g/mol. The molecule has 3 N–H and O–H groups in total. The molecule has 10 heteroatoms. The average molecular weight is 842 g/mol. The number of nitrogens with one attached hydrogen (secondary N) is 1. The maximum Gasteiger partial charge on any atom is 0.472 e. The quantitative estimate of drug-likeness (QED) is 0.0240. The van der Waals surface area contributed by atoms with Crippen LogP contribution in [0.15, 0.2) is 109 Å². The van der Waals surface area contributed by atoms with Crippen LogP contribution in [-0.4, -0.2) is 54.3 Å². The molecule has 2 unspecified atom stereocenters. The summed E-state index contributed by atoms with van der Waals surface area (Å²) >= 11 is 0. The second kappa shape index (κ2) is 44.2. The van der Waals surface area contributed by atoms with E-state index in [-0.39, 0.29) is 32.1 Å². The third-order valence-electron chi connectivity index (χ3n) is 8.70. The summed E-state index contributed by atoms with van der Waals surface area (Å²) in [6.07, 6.45) is 58.8. The largest absolute Gasteiger partial charge is 0.472 e. The first-order chi connectivity index (χ1) is 28.8. The molecule has 0 saturated heterocycles. The van der Waals surface area contributed by atoms with Gasteiger partial charge in [0.15, 0.2) is 0 Å². The number of aliphatic hydroxyl groups is 1. The van der Waals surface area contributed by atoms with E-state index in [9.17, 15) is 24.2 Å². The highest BCUT2D eigenvalue weighted by molar-refractivity contribution is 7.47. The number of phosphoric acid groups is 1. The van der Waals surface area contributed by atoms with E-state index in [1.165, 1.54) is 19.3 Å². The van der Waals surface area contributed by atoms with Gasteiger partial charge in [-0.25, -0.2) is 4.57 Å². The molecule has 0 spiro atoms. The van der Waals surface area contributed by atoms with Crippen LogP contribution >= 0.6 is 7.82 Å². The Morgan fingerprint density at radius 1 is 0.525 bits per heavy atom. The zero-order valence-corrected chi connectivity index (χ0v) is 37.5. The van der Waals surface area contributed by atoms with E-state index in [2.05, 4.69) is 129 Å². The predicted octanol–water partition coefficient (Wildman–Crippen LogP) is 12.8. The summed E-state index contributed by atoms with van der Waals surface area (Å²) in [6, 6.07) is 0. The standard InChI is InChI=1S/C49H80NO8P/c1-3-5-7-9-11-13-15-17-19-20-21-22-23-24-25-26-28-29-31-33-35-37-39-41-48(52)50-43-44-57-59(54,55)58-46-47(51)45-56-49(53)42-40-38-36-34-32-30-27-18-16-14-12-10-8-6-4-2/h5-8,11-14,17-19,21-22,24-25,27,32,34,47,51H,3-4,9-10,15-16,20,23,26,28-31,33,35-46H2,1-2H3,(H,50,52)(H,54,55)/b7-5-,8-6-,13-11-,14-12-,19-17-,22-21-,25-24-,27-18-,34-32-. The van der Waals surface area contributed by atoms with Gasteiger partial charge in [-0.15, -0.1) is 0 Å². The van der Waals surface area contributed by atoms with Crippen molar-refractivity contribution in [1.29, 1.82) is 0 Å². The molecule has 0 saturated carbocycles. The molecule has 0 fully saturated rings. The van der Waals surface area contributed by atoms with Gasteiger partial charge in [0.05, 0.1) is 13.2 Å². The molecule has 59 heavy (non-hydrogen) atoms. The minimum absolute atomic E-state index is 0.0626. The van der Waals surface area contributed by atoms with Gasteiger partial charge in [0.25, 0.3) is 0 Å². The van der Waals surface area contributed by atoms with Crippen molar-refractivity contribution in [2.45, 2.75) is 161 Å². The van der Waals surface area contributed by atoms with Crippen LogP contribution < -0.4 is 5.32 Å². The molecule has 0 radical (unpaired) electrons. The van der Waals surface area contributed by atoms with Crippen molar-refractivity contribution in [3.8, 4) is 0 Å². The number of esters is 1. The molecule has 0 rings (SSSR count). The SMILES string of the molecule is CC/C=C\C/C=C\C/C=C\C/C=C\C/C=C\CCCCCCCCCC(=O)NCCOP(=O)(O)OCC(O)COC(=O)CCCC/C=C\C/C=C\C/C=C\C/C=C\CC. The summed E-state index contributed by atoms with van der Waals surface area (Å²) in [6.45, 7) is 3.23. The molecule has 0 aliphatic rings. The van der Waals surface area contributed by atoms with E-state index in [4.69, 9.17) is 13.8 Å². The van der Waals surface area contributed by atoms with Gasteiger partial charge in [-0.05, 0) is 96.3 Å². The molecule has 9 nitrogen and oxygen atoms in total. The Bertz CT molecular complexity index is 1330. The Morgan fingerprint density at radius 3 is 1.39 bits per heavy atom. The highest BCUT2D eigenvalue weighted by Gasteiger charge is 2.23. The molecule has 1 amide bonds. The summed E-state index contributed by atoms with van der Waals surface area (Å²) in [5.41, 5.74) is 0. The highest BCUT2D eigenvalue weighted by atomic mass is 31.2. The van der Waals surface area contributed by atoms with E-state index in [0.29, 0.717) is 12.8 Å². The van der Waals surface area contributed by atoms with Crippen LogP contribution in [0.5, 0.6) is 0 Å². The van der Waals surface area contributed by atoms with Gasteiger partial charge < -0.3 is 20.1 Å². The van der Waals surface area contributed by atoms with Gasteiger partial charge in [0, 0.05) is 19.4 Å². The number of amides is 1. The van der Waals surface area contributed by atoms with E-state index in [1.54, 1.807) is 0 Å². The van der Waals surface area contributed by atoms with Gasteiger partial charge in [0.1, 0.15) is 12.7 Å². The third kappa shape index (κ3) is 45.6. The Labute approximate surface area is 358 Å². The van der Waals surface area contributed by atoms with E-state index in [1.807, 2.05) is 0 Å². The number of rotatable bonds is 40. The number of unbranched alkanes of at least 4 members (excludes halogenated alkanes) is 9. The van der Waals surface area contributed by atoms with Gasteiger partial charge in [-0.3, -0.25) is 18.6 Å². The van der Waals surface area contributed by atoms with Crippen molar-refractivity contribution in [2.75, 3.05) is 26.4 Å². The van der Waals surface area contributed by atoms with Gasteiger partial charge >= 0.3 is 13.8 Å². The van der Waals surface area contributed by atoms with Crippen LogP contribution in [0.2, 0.25) is 0 Å². The first-order valence-corrected chi connectivity index (χ1v) is 23.9. The molecule has 2 atom stereocenters. The number of aliphatic hydroxyl groups excluding tert-OH is 1. The zero-order chi connectivity index (χ0) is 43.2. The van der Waals surface area contributed by atoms with Crippen LogP contribution in [0.4, 0.5) is 0 Å². The van der Waals surface area contributed by atoms with E-state index >= 15 is 0 Å². The minimum Gasteiger partial charge on any atom is -0.463 e. The lowest BCUT2D eigenvalue weighted by molar-refractivity contribution is -0.147. The van der Waals surface area contributed by atoms with Gasteiger partial charge in [0.2, 0.25) is 5.91 Å². The normalized spacial score (nSPS) is 14.3. The number of hydrogen-bond acceptors (Lipinski definition) is 7. The average Bonchev–Trinajstić information content (AvgIpc) is 3.22. The zero-order valence-electron chi connectivity index (χ0n) is 36.6. The molecule has 0 aromatic rings. The summed E-state index contributed by atoms with van der Waals surface area (Å²) in [4.78, 5) is 33.9. The lowest BCUT2D eigenvalue weighted by Crippen LogP contribution is -2.27. The Hall–Kier alpha value is -3.33. The van der Waals surface area contributed by atoms with Crippen molar-refractivity contribution < 1.29 is 37.9 Å². The first-order valence-electron chi connectivity index (χ1n) is 22.4. The molecule has 334 valence electrons. The number of carbonyl (C=O) groups is 2. The fourth-order valence-corrected chi connectivity index (χ4v) is 6.15. The predicted molar refractivity (Wildman–Crippen MR) is 247 cm³/mol. The van der Waals surface area contributed by atoms with Crippen molar-refractivity contribution in [2.24, 2.45) is 0 Å². The molecule has 0 aromatic carbocycles. The molecular weight excluding hydrogens is 762 g/mol. The number of ether oxygens (including phenoxy) is 1. The first kappa shape index (κ1) is 55.7. The highest BCUT2D eigenvalue weighted by Crippen LogP contribution is 2.42. The molecule has 0 aliphatic carbocycles. The van der Waals surface area contributed by atoms with Crippen molar-refractivity contribution in [3.63, 3.8) is 0 Å². The van der Waals surface area contributed by atoms with Crippen molar-refractivity contribution >= 4 is 19.7 Å². The fraction of sp³-hybridized carbons (Fsp3) is 0.592. The number of carbonyl (C=O) groups excluding carboxylic acids is 2. The topological polar surface area (TPSA) is 131 Å². The Morgan fingerprint density at radius 2 is 0.915 bits per heavy atom. The summed E-state index contributed by atoms with van der Waals surface area (Å²) in [5.74, 6) is -0.580. The lowest BCUT2D eigenvalue weighted by Gasteiger charge is -2.15. The second-order valence-electron chi connectivity index (χ2n) is 14.3. The lowest BCUT2D eigenvalue weighted by atomic mass is 10.1. The summed E-state index contributed by atoms with van der Waals surface area (Å²) in [5, 5.41) is 12.7. The van der Waals surface area contributed by atoms with Crippen LogP contribution in [0.25, 0.3) is 0 Å². The van der Waals surface area contributed by atoms with Crippen LogP contribution in [-0.2, 0) is 27.9 Å². The molecule has 0 bridgehead atoms. The second-order valence-corrected chi connectivity index (χ2v) is 15.7. The number of hydrogen-bond donors (Lipinski definition) is 3. The van der Waals surface area contributed by atoms with Gasteiger partial charge in [-0.1, -0.05) is 155 Å². The van der Waals surface area contributed by atoms with E-state index < -0.39 is 26.5 Å². The maximum atomic E-state index is 12.1. The Kier molecular flexibility index (Phi) is 41.7. The Balaban J connectivity index is 3.69. The molecule has 0 heterocycles. The van der Waals surface area contributed by atoms with Crippen molar-refractivity contribution in [3.05, 3.63) is 109 Å². The van der Waals surface area contributed by atoms with Crippen molar-refractivity contribution in [1.82, 2.24) is 5.32 Å².